The van der Waals surface area contributed by atoms with Crippen LogP contribution in [0.3, 0.4) is 0 Å². The fraction of sp³-hybridized carbons (Fsp3) is 0.263. The lowest BCUT2D eigenvalue weighted by Gasteiger charge is -2.20. The number of benzene rings is 1. The second kappa shape index (κ2) is 6.44. The number of aromatic nitrogens is 1. The van der Waals surface area contributed by atoms with Gasteiger partial charge in [0.2, 0.25) is 0 Å². The number of rotatable bonds is 3. The van der Waals surface area contributed by atoms with E-state index in [1.807, 2.05) is 39.8 Å². The van der Waals surface area contributed by atoms with Gasteiger partial charge in [0.1, 0.15) is 26.8 Å². The summed E-state index contributed by atoms with van der Waals surface area (Å²) in [6.45, 7) is 7.25. The number of nitrogens with zero attached hydrogens (tertiary/aromatic N) is 1. The van der Waals surface area contributed by atoms with Crippen LogP contribution in [0.5, 0.6) is 0 Å². The van der Waals surface area contributed by atoms with Crippen molar-refractivity contribution in [3.63, 3.8) is 0 Å². The van der Waals surface area contributed by atoms with E-state index in [1.54, 1.807) is 18.3 Å². The summed E-state index contributed by atoms with van der Waals surface area (Å²) in [7, 11) is 0. The number of thiophene rings is 1. The van der Waals surface area contributed by atoms with Gasteiger partial charge in [-0.05, 0) is 57.5 Å². The number of nitrogens with one attached hydrogen (secondary N) is 1. The minimum Gasteiger partial charge on any atom is -0.456 e. The summed E-state index contributed by atoms with van der Waals surface area (Å²) in [6, 6.07) is 8.49. The van der Waals surface area contributed by atoms with Gasteiger partial charge in [-0.1, -0.05) is 17.4 Å². The van der Waals surface area contributed by atoms with Crippen molar-refractivity contribution in [2.45, 2.75) is 33.3 Å². The molecule has 25 heavy (non-hydrogen) atoms. The summed E-state index contributed by atoms with van der Waals surface area (Å²) in [5.74, 6) is -0.831. The number of aryl methyl sites for hydroxylation is 1. The van der Waals surface area contributed by atoms with E-state index in [2.05, 4.69) is 10.3 Å². The third-order valence-corrected chi connectivity index (χ3v) is 4.47. The number of pyridine rings is 1. The van der Waals surface area contributed by atoms with E-state index in [0.29, 0.717) is 26.5 Å². The molecule has 0 aliphatic rings. The molecule has 2 aromatic heterocycles. The molecule has 0 unspecified atom stereocenters. The third-order valence-electron chi connectivity index (χ3n) is 3.44. The number of halogens is 1. The Bertz CT molecular complexity index is 944. The van der Waals surface area contributed by atoms with Crippen molar-refractivity contribution >= 4 is 38.2 Å². The van der Waals surface area contributed by atoms with Gasteiger partial charge in [0.15, 0.2) is 0 Å². The first kappa shape index (κ1) is 17.4. The van der Waals surface area contributed by atoms with Crippen molar-refractivity contribution in [1.82, 2.24) is 4.98 Å². The van der Waals surface area contributed by atoms with Crippen LogP contribution in [-0.4, -0.2) is 16.6 Å². The molecule has 1 N–H and O–H groups in total. The topological polar surface area (TPSA) is 51.2 Å². The number of ether oxygens (including phenoxy) is 1. The van der Waals surface area contributed by atoms with E-state index >= 15 is 0 Å². The van der Waals surface area contributed by atoms with Crippen LogP contribution >= 0.6 is 11.3 Å². The van der Waals surface area contributed by atoms with Gasteiger partial charge >= 0.3 is 5.97 Å². The van der Waals surface area contributed by atoms with E-state index < -0.39 is 11.6 Å². The molecule has 0 aliphatic heterocycles. The highest BCUT2D eigenvalue weighted by molar-refractivity contribution is 7.23. The highest BCUT2D eigenvalue weighted by Crippen LogP contribution is 2.37. The van der Waals surface area contributed by atoms with Crippen molar-refractivity contribution < 1.29 is 13.9 Å². The Balaban J connectivity index is 2.08. The van der Waals surface area contributed by atoms with Gasteiger partial charge in [0, 0.05) is 11.6 Å². The zero-order chi connectivity index (χ0) is 18.2. The molecule has 6 heteroatoms. The van der Waals surface area contributed by atoms with Gasteiger partial charge in [-0.15, -0.1) is 0 Å². The minimum absolute atomic E-state index is 0.307. The van der Waals surface area contributed by atoms with Gasteiger partial charge in [0.05, 0.1) is 5.69 Å². The Hall–Kier alpha value is -2.47. The van der Waals surface area contributed by atoms with E-state index in [9.17, 15) is 9.18 Å². The van der Waals surface area contributed by atoms with Crippen LogP contribution in [0.1, 0.15) is 36.7 Å². The summed E-state index contributed by atoms with van der Waals surface area (Å²) in [4.78, 5) is 17.7. The quantitative estimate of drug-likeness (QED) is 0.633. The molecule has 3 aromatic rings. The second-order valence-corrected chi connectivity index (χ2v) is 7.77. The van der Waals surface area contributed by atoms with E-state index in [0.717, 1.165) is 5.56 Å². The number of hydrogen-bond acceptors (Lipinski definition) is 5. The first-order valence-corrected chi connectivity index (χ1v) is 8.70. The first-order chi connectivity index (χ1) is 11.7. The fourth-order valence-corrected chi connectivity index (χ4v) is 3.44. The molecule has 2 heterocycles. The first-order valence-electron chi connectivity index (χ1n) is 7.88. The molecule has 0 atom stereocenters. The molecule has 0 spiro atoms. The molecule has 1 aromatic carbocycles. The molecular formula is C19H19FN2O2S. The van der Waals surface area contributed by atoms with Crippen LogP contribution in [0, 0.1) is 12.7 Å². The lowest BCUT2D eigenvalue weighted by molar-refractivity contribution is 0.00734. The van der Waals surface area contributed by atoms with Crippen LogP contribution in [0.25, 0.3) is 10.2 Å². The lowest BCUT2D eigenvalue weighted by atomic mass is 10.1. The Labute approximate surface area is 149 Å². The van der Waals surface area contributed by atoms with Crippen molar-refractivity contribution in [2.75, 3.05) is 5.32 Å². The summed E-state index contributed by atoms with van der Waals surface area (Å²) in [5, 5.41) is 4.24. The molecule has 0 fully saturated rings. The third kappa shape index (κ3) is 3.79. The molecule has 0 aliphatic carbocycles. The second-order valence-electron chi connectivity index (χ2n) is 6.77. The molecule has 0 radical (unpaired) electrons. The van der Waals surface area contributed by atoms with Crippen molar-refractivity contribution in [2.24, 2.45) is 0 Å². The Morgan fingerprint density at radius 3 is 2.72 bits per heavy atom. The lowest BCUT2D eigenvalue weighted by Crippen LogP contribution is -2.24. The van der Waals surface area contributed by atoms with Crippen molar-refractivity contribution in [3.8, 4) is 0 Å². The van der Waals surface area contributed by atoms with Crippen LogP contribution in [0.2, 0.25) is 0 Å². The molecule has 0 saturated carbocycles. The summed E-state index contributed by atoms with van der Waals surface area (Å²) < 4.78 is 19.7. The molecule has 4 nitrogen and oxygen atoms in total. The van der Waals surface area contributed by atoms with Gasteiger partial charge in [-0.2, -0.15) is 0 Å². The fourth-order valence-electron chi connectivity index (χ4n) is 2.40. The molecule has 0 amide bonds. The molecule has 3 rings (SSSR count). The SMILES string of the molecule is Cc1ccc(Nc2sc3ncccc3c2C(=O)OC(C)(C)C)c(F)c1. The number of anilines is 2. The molecule has 0 bridgehead atoms. The van der Waals surface area contributed by atoms with Crippen LogP contribution in [-0.2, 0) is 4.74 Å². The molecule has 130 valence electrons. The number of carbonyl (C=O) groups is 1. The minimum atomic E-state index is -0.625. The van der Waals surface area contributed by atoms with E-state index in [-0.39, 0.29) is 5.82 Å². The van der Waals surface area contributed by atoms with E-state index in [1.165, 1.54) is 17.4 Å². The van der Waals surface area contributed by atoms with Gasteiger partial charge in [0.25, 0.3) is 0 Å². The highest BCUT2D eigenvalue weighted by atomic mass is 32.1. The monoisotopic (exact) mass is 358 g/mol. The maximum atomic E-state index is 14.2. The summed E-state index contributed by atoms with van der Waals surface area (Å²) in [6.07, 6.45) is 1.66. The van der Waals surface area contributed by atoms with Crippen LogP contribution in [0.4, 0.5) is 15.1 Å². The average molecular weight is 358 g/mol. The summed E-state index contributed by atoms with van der Waals surface area (Å²) in [5.41, 5.74) is 0.887. The van der Waals surface area contributed by atoms with Crippen molar-refractivity contribution in [3.05, 3.63) is 53.5 Å². The number of fused-ring (bicyclic) bond motifs is 1. The smallest absolute Gasteiger partial charge is 0.342 e. The van der Waals surface area contributed by atoms with Crippen molar-refractivity contribution in [1.29, 1.82) is 0 Å². The van der Waals surface area contributed by atoms with Gasteiger partial charge in [-0.25, -0.2) is 14.2 Å². The Kier molecular flexibility index (Phi) is 4.47. The highest BCUT2D eigenvalue weighted by Gasteiger charge is 2.25. The van der Waals surface area contributed by atoms with Crippen LogP contribution < -0.4 is 5.32 Å². The number of carbonyl (C=O) groups excluding carboxylic acids is 1. The molecule has 0 saturated heterocycles. The average Bonchev–Trinajstić information content (AvgIpc) is 2.86. The standard InChI is InChI=1S/C19H19FN2O2S/c1-11-7-8-14(13(20)10-11)22-17-15(18(23)24-19(2,3)4)12-6-5-9-21-16(12)25-17/h5-10,22H,1-4H3. The Morgan fingerprint density at radius 2 is 2.04 bits per heavy atom. The summed E-state index contributed by atoms with van der Waals surface area (Å²) >= 11 is 1.30. The maximum Gasteiger partial charge on any atom is 0.342 e. The van der Waals surface area contributed by atoms with Crippen LogP contribution in [0.15, 0.2) is 36.5 Å². The largest absolute Gasteiger partial charge is 0.456 e. The predicted molar refractivity (Wildman–Crippen MR) is 99.2 cm³/mol. The van der Waals surface area contributed by atoms with Gasteiger partial charge in [-0.3, -0.25) is 0 Å². The van der Waals surface area contributed by atoms with E-state index in [4.69, 9.17) is 4.74 Å². The predicted octanol–water partition coefficient (Wildman–Crippen LogP) is 5.44. The molecular weight excluding hydrogens is 339 g/mol. The number of hydrogen-bond donors (Lipinski definition) is 1. The van der Waals surface area contributed by atoms with Gasteiger partial charge < -0.3 is 10.1 Å². The maximum absolute atomic E-state index is 14.2. The Morgan fingerprint density at radius 1 is 1.28 bits per heavy atom. The number of esters is 1. The normalized spacial score (nSPS) is 11.6. The zero-order valence-electron chi connectivity index (χ0n) is 14.5. The zero-order valence-corrected chi connectivity index (χ0v) is 15.3.